The van der Waals surface area contributed by atoms with Gasteiger partial charge in [-0.15, -0.1) is 0 Å². The van der Waals surface area contributed by atoms with Crippen LogP contribution in [0.1, 0.15) is 0 Å². The Morgan fingerprint density at radius 3 is 2.48 bits per heavy atom. The zero-order valence-corrected chi connectivity index (χ0v) is 16.2. The van der Waals surface area contributed by atoms with Gasteiger partial charge >= 0.3 is 5.97 Å². The van der Waals surface area contributed by atoms with Gasteiger partial charge in [0.15, 0.2) is 5.75 Å². The summed E-state index contributed by atoms with van der Waals surface area (Å²) >= 11 is 0. The van der Waals surface area contributed by atoms with Gasteiger partial charge in [-0.2, -0.15) is 0 Å². The van der Waals surface area contributed by atoms with Gasteiger partial charge in [-0.05, 0) is 36.4 Å². The largest absolute Gasteiger partial charge is 0.480 e. The first-order valence-corrected chi connectivity index (χ1v) is 10.1. The van der Waals surface area contributed by atoms with Crippen LogP contribution in [0.25, 0.3) is 11.1 Å². The second-order valence-corrected chi connectivity index (χ2v) is 7.97. The SMILES string of the molecule is Cn1cc(-c2cc(NS(=O)(=O)CC(=O)O)ccc2Oc2ccccc2)ccc1=O. The molecule has 150 valence electrons. The monoisotopic (exact) mass is 414 g/mol. The highest BCUT2D eigenvalue weighted by molar-refractivity contribution is 7.93. The Kier molecular flexibility index (Phi) is 5.69. The van der Waals surface area contributed by atoms with Crippen molar-refractivity contribution in [3.8, 4) is 22.6 Å². The molecule has 0 radical (unpaired) electrons. The number of nitrogens with one attached hydrogen (secondary N) is 1. The summed E-state index contributed by atoms with van der Waals surface area (Å²) in [7, 11) is -2.46. The van der Waals surface area contributed by atoms with E-state index in [2.05, 4.69) is 4.72 Å². The fourth-order valence-corrected chi connectivity index (χ4v) is 3.54. The van der Waals surface area contributed by atoms with Gasteiger partial charge in [0, 0.05) is 36.1 Å². The Morgan fingerprint density at radius 2 is 1.83 bits per heavy atom. The van der Waals surface area contributed by atoms with Crippen LogP contribution in [-0.4, -0.2) is 29.8 Å². The van der Waals surface area contributed by atoms with Crippen LogP contribution in [0.15, 0.2) is 71.7 Å². The third kappa shape index (κ3) is 5.23. The van der Waals surface area contributed by atoms with E-state index in [9.17, 15) is 18.0 Å². The van der Waals surface area contributed by atoms with Gasteiger partial charge in [0.05, 0.1) is 0 Å². The van der Waals surface area contributed by atoms with Crippen LogP contribution in [-0.2, 0) is 21.9 Å². The van der Waals surface area contributed by atoms with Crippen LogP contribution in [0.3, 0.4) is 0 Å². The second kappa shape index (κ2) is 8.19. The van der Waals surface area contributed by atoms with E-state index < -0.39 is 21.7 Å². The number of benzene rings is 2. The highest BCUT2D eigenvalue weighted by Crippen LogP contribution is 2.35. The first-order chi connectivity index (χ1) is 13.7. The van der Waals surface area contributed by atoms with Crippen molar-refractivity contribution in [3.05, 3.63) is 77.2 Å². The first-order valence-electron chi connectivity index (χ1n) is 8.50. The molecular weight excluding hydrogens is 396 g/mol. The van der Waals surface area contributed by atoms with E-state index in [1.54, 1.807) is 37.5 Å². The predicted molar refractivity (Wildman–Crippen MR) is 109 cm³/mol. The van der Waals surface area contributed by atoms with Crippen LogP contribution in [0.2, 0.25) is 0 Å². The summed E-state index contributed by atoms with van der Waals surface area (Å²) in [6.07, 6.45) is 1.60. The van der Waals surface area contributed by atoms with Crippen LogP contribution >= 0.6 is 0 Å². The number of carboxylic acids is 1. The quantitative estimate of drug-likeness (QED) is 0.614. The molecule has 0 bridgehead atoms. The van der Waals surface area contributed by atoms with E-state index in [0.29, 0.717) is 22.6 Å². The lowest BCUT2D eigenvalue weighted by Gasteiger charge is -2.15. The number of ether oxygens (including phenoxy) is 1. The molecule has 2 aromatic carbocycles. The third-order valence-corrected chi connectivity index (χ3v) is 5.11. The maximum Gasteiger partial charge on any atom is 0.320 e. The zero-order chi connectivity index (χ0) is 21.0. The van der Waals surface area contributed by atoms with E-state index in [4.69, 9.17) is 9.84 Å². The predicted octanol–water partition coefficient (Wildman–Crippen LogP) is 2.67. The molecule has 0 aliphatic heterocycles. The molecule has 3 aromatic rings. The number of carbonyl (C=O) groups is 1. The van der Waals surface area contributed by atoms with Gasteiger partial charge in [0.2, 0.25) is 15.6 Å². The van der Waals surface area contributed by atoms with Crippen LogP contribution in [0, 0.1) is 0 Å². The summed E-state index contributed by atoms with van der Waals surface area (Å²) < 4.78 is 33.5. The molecular formula is C20H18N2O6S. The number of aryl methyl sites for hydroxylation is 1. The van der Waals surface area contributed by atoms with Crippen molar-refractivity contribution < 1.29 is 23.1 Å². The van der Waals surface area contributed by atoms with Gasteiger partial charge < -0.3 is 14.4 Å². The molecule has 0 unspecified atom stereocenters. The number of hydrogen-bond acceptors (Lipinski definition) is 5. The van der Waals surface area contributed by atoms with Crippen molar-refractivity contribution in [1.29, 1.82) is 0 Å². The Hall–Kier alpha value is -3.59. The Morgan fingerprint density at radius 1 is 1.10 bits per heavy atom. The van der Waals surface area contributed by atoms with Gasteiger partial charge in [-0.3, -0.25) is 14.3 Å². The van der Waals surface area contributed by atoms with Crippen LogP contribution in [0.5, 0.6) is 11.5 Å². The Balaban J connectivity index is 2.05. The molecule has 0 aliphatic carbocycles. The third-order valence-electron chi connectivity index (χ3n) is 3.93. The molecule has 2 N–H and O–H groups in total. The molecule has 0 atom stereocenters. The van der Waals surface area contributed by atoms with E-state index in [1.807, 2.05) is 18.2 Å². The van der Waals surface area contributed by atoms with E-state index in [-0.39, 0.29) is 11.2 Å². The lowest BCUT2D eigenvalue weighted by molar-refractivity contribution is -0.134. The maximum atomic E-state index is 12.0. The summed E-state index contributed by atoms with van der Waals surface area (Å²) in [6, 6.07) is 16.6. The standard InChI is InChI=1S/C20H18N2O6S/c1-22-12-14(7-10-19(22)23)17-11-15(21-29(26,27)13-20(24)25)8-9-18(17)28-16-5-3-2-4-6-16/h2-12,21H,13H2,1H3,(H,24,25). The minimum Gasteiger partial charge on any atom is -0.480 e. The number of para-hydroxylation sites is 1. The molecule has 0 spiro atoms. The number of nitrogens with zero attached hydrogens (tertiary/aromatic N) is 1. The van der Waals surface area contributed by atoms with Crippen molar-refractivity contribution in [1.82, 2.24) is 4.57 Å². The van der Waals surface area contributed by atoms with Gasteiger partial charge in [-0.1, -0.05) is 18.2 Å². The summed E-state index contributed by atoms with van der Waals surface area (Å²) in [5.74, 6) is -1.49. The lowest BCUT2D eigenvalue weighted by atomic mass is 10.1. The fraction of sp³-hybridized carbons (Fsp3) is 0.100. The molecule has 29 heavy (non-hydrogen) atoms. The number of carboxylic acid groups (broad SMARTS) is 1. The fourth-order valence-electron chi connectivity index (χ4n) is 2.66. The number of aromatic nitrogens is 1. The molecule has 0 saturated carbocycles. The summed E-state index contributed by atoms with van der Waals surface area (Å²) in [5.41, 5.74) is 1.13. The average molecular weight is 414 g/mol. The minimum atomic E-state index is -4.07. The first kappa shape index (κ1) is 20.2. The zero-order valence-electron chi connectivity index (χ0n) is 15.4. The number of rotatable bonds is 7. The topological polar surface area (TPSA) is 115 Å². The van der Waals surface area contributed by atoms with E-state index in [1.165, 1.54) is 22.8 Å². The highest BCUT2D eigenvalue weighted by atomic mass is 32.2. The number of pyridine rings is 1. The van der Waals surface area contributed by atoms with E-state index in [0.717, 1.165) is 0 Å². The number of sulfonamides is 1. The number of hydrogen-bond donors (Lipinski definition) is 2. The molecule has 1 aromatic heterocycles. The maximum absolute atomic E-state index is 12.0. The molecule has 0 fully saturated rings. The van der Waals surface area contributed by atoms with Crippen molar-refractivity contribution in [3.63, 3.8) is 0 Å². The van der Waals surface area contributed by atoms with Gasteiger partial charge in [0.25, 0.3) is 0 Å². The molecule has 0 aliphatic rings. The highest BCUT2D eigenvalue weighted by Gasteiger charge is 2.17. The molecule has 0 amide bonds. The van der Waals surface area contributed by atoms with Crippen LogP contribution in [0.4, 0.5) is 5.69 Å². The van der Waals surface area contributed by atoms with E-state index >= 15 is 0 Å². The average Bonchev–Trinajstić information content (AvgIpc) is 2.65. The van der Waals surface area contributed by atoms with Gasteiger partial charge in [0.1, 0.15) is 11.5 Å². The smallest absolute Gasteiger partial charge is 0.320 e. The van der Waals surface area contributed by atoms with Gasteiger partial charge in [-0.25, -0.2) is 8.42 Å². The molecule has 1 heterocycles. The molecule has 3 rings (SSSR count). The normalized spacial score (nSPS) is 11.1. The molecule has 8 nitrogen and oxygen atoms in total. The molecule has 0 saturated heterocycles. The van der Waals surface area contributed by atoms with Crippen molar-refractivity contribution in [2.24, 2.45) is 7.05 Å². The number of anilines is 1. The summed E-state index contributed by atoms with van der Waals surface area (Å²) in [5, 5.41) is 8.75. The number of aliphatic carboxylic acids is 1. The summed E-state index contributed by atoms with van der Waals surface area (Å²) in [6.45, 7) is 0. The Labute approximate surface area is 167 Å². The minimum absolute atomic E-state index is 0.176. The molecule has 9 heteroatoms. The van der Waals surface area contributed by atoms with Crippen molar-refractivity contribution in [2.75, 3.05) is 10.5 Å². The lowest BCUT2D eigenvalue weighted by Crippen LogP contribution is -2.22. The van der Waals surface area contributed by atoms with Crippen LogP contribution < -0.4 is 15.0 Å². The second-order valence-electron chi connectivity index (χ2n) is 6.25. The van der Waals surface area contributed by atoms with Crippen molar-refractivity contribution >= 4 is 21.7 Å². The van der Waals surface area contributed by atoms with Crippen molar-refractivity contribution in [2.45, 2.75) is 0 Å². The summed E-state index contributed by atoms with van der Waals surface area (Å²) in [4.78, 5) is 22.5. The Bertz CT molecular complexity index is 1200.